The number of benzene rings is 1. The molecule has 1 aliphatic heterocycles. The van der Waals surface area contributed by atoms with Gasteiger partial charge in [-0.2, -0.15) is 13.2 Å². The molecule has 0 saturated carbocycles. The molecule has 5 nitrogen and oxygen atoms in total. The van der Waals surface area contributed by atoms with E-state index in [1.54, 1.807) is 6.20 Å². The molecule has 3 N–H and O–H groups in total. The number of nitrogens with one attached hydrogen (secondary N) is 3. The summed E-state index contributed by atoms with van der Waals surface area (Å²) in [6.45, 7) is 2.66. The van der Waals surface area contributed by atoms with Crippen molar-refractivity contribution in [1.82, 2.24) is 15.6 Å². The van der Waals surface area contributed by atoms with E-state index in [4.69, 9.17) is 0 Å². The van der Waals surface area contributed by atoms with Crippen molar-refractivity contribution in [3.8, 4) is 0 Å². The highest BCUT2D eigenvalue weighted by Crippen LogP contribution is 2.29. The van der Waals surface area contributed by atoms with Crippen LogP contribution in [0.4, 0.5) is 23.1 Å². The number of halogens is 3. The Morgan fingerprint density at radius 1 is 1.30 bits per heavy atom. The summed E-state index contributed by atoms with van der Waals surface area (Å²) in [5.41, 5.74) is 0.0933. The highest BCUT2D eigenvalue weighted by atomic mass is 32.1. The second-order valence-electron chi connectivity index (χ2n) is 6.53. The van der Waals surface area contributed by atoms with E-state index in [1.165, 1.54) is 23.5 Å². The van der Waals surface area contributed by atoms with Crippen LogP contribution < -0.4 is 16.0 Å². The van der Waals surface area contributed by atoms with Gasteiger partial charge in [-0.1, -0.05) is 12.1 Å². The minimum absolute atomic E-state index is 0.295. The van der Waals surface area contributed by atoms with Crippen molar-refractivity contribution in [1.29, 1.82) is 0 Å². The topological polar surface area (TPSA) is 66.1 Å². The van der Waals surface area contributed by atoms with Crippen molar-refractivity contribution < 1.29 is 18.0 Å². The minimum atomic E-state index is -4.33. The third-order valence-corrected chi connectivity index (χ3v) is 5.35. The molecule has 2 aromatic rings. The zero-order valence-electron chi connectivity index (χ0n) is 14.6. The Balaban J connectivity index is 1.45. The molecule has 3 rings (SSSR count). The van der Waals surface area contributed by atoms with E-state index >= 15 is 0 Å². The van der Waals surface area contributed by atoms with Gasteiger partial charge in [0.2, 0.25) is 0 Å². The zero-order valence-corrected chi connectivity index (χ0v) is 15.4. The highest BCUT2D eigenvalue weighted by molar-refractivity contribution is 7.15. The summed E-state index contributed by atoms with van der Waals surface area (Å²) in [6.07, 6.45) is -0.155. The average Bonchev–Trinajstić information content (AvgIpc) is 3.27. The van der Waals surface area contributed by atoms with Gasteiger partial charge in [-0.3, -0.25) is 5.32 Å². The first-order chi connectivity index (χ1) is 12.9. The number of thiazole rings is 1. The van der Waals surface area contributed by atoms with Gasteiger partial charge in [-0.05, 0) is 49.5 Å². The molecule has 9 heteroatoms. The molecule has 1 aromatic heterocycles. The summed E-state index contributed by atoms with van der Waals surface area (Å²) >= 11 is 1.31. The smallest absolute Gasteiger partial charge is 0.338 e. The van der Waals surface area contributed by atoms with Crippen LogP contribution in [0, 0.1) is 5.92 Å². The standard InChI is InChI=1S/C18H21F3N4OS/c19-18(20,21)14-3-1-12(2-4-14)9-15-11-24-17(27-15)25-16(26)23-8-6-13-5-7-22-10-13/h1-4,11,13,22H,5-10H2,(H2,23,24,25,26). The first-order valence-electron chi connectivity index (χ1n) is 8.76. The molecule has 0 radical (unpaired) electrons. The molecule has 146 valence electrons. The van der Waals surface area contributed by atoms with E-state index < -0.39 is 11.7 Å². The number of nitrogens with zero attached hydrogens (tertiary/aromatic N) is 1. The van der Waals surface area contributed by atoms with Gasteiger partial charge in [0.15, 0.2) is 5.13 Å². The number of carbonyl (C=O) groups is 1. The fourth-order valence-corrected chi connectivity index (χ4v) is 3.79. The number of amides is 2. The number of urea groups is 1. The van der Waals surface area contributed by atoms with Crippen molar-refractivity contribution in [3.05, 3.63) is 46.5 Å². The summed E-state index contributed by atoms with van der Waals surface area (Å²) in [7, 11) is 0. The number of carbonyl (C=O) groups excluding carboxylic acids is 1. The predicted octanol–water partition coefficient (Wildman–Crippen LogP) is 3.87. The Bertz CT molecular complexity index is 755. The van der Waals surface area contributed by atoms with Crippen molar-refractivity contribution >= 4 is 22.5 Å². The van der Waals surface area contributed by atoms with Gasteiger partial charge in [-0.15, -0.1) is 11.3 Å². The van der Waals surface area contributed by atoms with Crippen LogP contribution >= 0.6 is 11.3 Å². The third-order valence-electron chi connectivity index (χ3n) is 4.43. The van der Waals surface area contributed by atoms with Gasteiger partial charge in [0.05, 0.1) is 5.56 Å². The van der Waals surface area contributed by atoms with Gasteiger partial charge < -0.3 is 10.6 Å². The largest absolute Gasteiger partial charge is 0.416 e. The predicted molar refractivity (Wildman–Crippen MR) is 99.0 cm³/mol. The first kappa shape index (κ1) is 19.6. The van der Waals surface area contributed by atoms with E-state index in [0.717, 1.165) is 48.5 Å². The Morgan fingerprint density at radius 2 is 2.07 bits per heavy atom. The van der Waals surface area contributed by atoms with Gasteiger partial charge in [0.25, 0.3) is 0 Å². The maximum atomic E-state index is 12.6. The minimum Gasteiger partial charge on any atom is -0.338 e. The second-order valence-corrected chi connectivity index (χ2v) is 7.65. The lowest BCUT2D eigenvalue weighted by Crippen LogP contribution is -2.30. The molecule has 1 aromatic carbocycles. The molecule has 2 heterocycles. The molecule has 1 aliphatic rings. The maximum absolute atomic E-state index is 12.6. The highest BCUT2D eigenvalue weighted by Gasteiger charge is 2.29. The molecule has 2 amide bonds. The Kier molecular flexibility index (Phi) is 6.33. The molecule has 1 saturated heterocycles. The number of hydrogen-bond donors (Lipinski definition) is 3. The van der Waals surface area contributed by atoms with Crippen LogP contribution in [-0.4, -0.2) is 30.6 Å². The van der Waals surface area contributed by atoms with Crippen LogP contribution in [0.2, 0.25) is 0 Å². The lowest BCUT2D eigenvalue weighted by molar-refractivity contribution is -0.137. The van der Waals surface area contributed by atoms with E-state index in [0.29, 0.717) is 24.0 Å². The van der Waals surface area contributed by atoms with Crippen molar-refractivity contribution in [2.75, 3.05) is 25.0 Å². The van der Waals surface area contributed by atoms with Crippen molar-refractivity contribution in [2.45, 2.75) is 25.4 Å². The van der Waals surface area contributed by atoms with Crippen molar-refractivity contribution in [2.24, 2.45) is 5.92 Å². The summed E-state index contributed by atoms with van der Waals surface area (Å²) in [5, 5.41) is 9.28. The Labute approximate surface area is 159 Å². The Morgan fingerprint density at radius 3 is 2.74 bits per heavy atom. The van der Waals surface area contributed by atoms with E-state index in [1.807, 2.05) is 0 Å². The third kappa shape index (κ3) is 5.93. The number of aromatic nitrogens is 1. The zero-order chi connectivity index (χ0) is 19.3. The van der Waals surface area contributed by atoms with Crippen LogP contribution in [0.15, 0.2) is 30.5 Å². The normalized spacial score (nSPS) is 17.1. The van der Waals surface area contributed by atoms with Crippen LogP contribution in [0.5, 0.6) is 0 Å². The van der Waals surface area contributed by atoms with Gasteiger partial charge in [0.1, 0.15) is 0 Å². The first-order valence-corrected chi connectivity index (χ1v) is 9.58. The van der Waals surface area contributed by atoms with Crippen LogP contribution in [0.3, 0.4) is 0 Å². The van der Waals surface area contributed by atoms with E-state index in [2.05, 4.69) is 20.9 Å². The van der Waals surface area contributed by atoms with Crippen LogP contribution in [0.1, 0.15) is 28.8 Å². The number of alkyl halides is 3. The average molecular weight is 398 g/mol. The molecule has 0 bridgehead atoms. The molecule has 1 unspecified atom stereocenters. The summed E-state index contributed by atoms with van der Waals surface area (Å²) < 4.78 is 37.8. The van der Waals surface area contributed by atoms with Crippen LogP contribution in [-0.2, 0) is 12.6 Å². The molecule has 27 heavy (non-hydrogen) atoms. The molecule has 1 atom stereocenters. The molecule has 0 aliphatic carbocycles. The molecular formula is C18H21F3N4OS. The number of anilines is 1. The lowest BCUT2D eigenvalue weighted by atomic mass is 10.1. The molecule has 0 spiro atoms. The monoisotopic (exact) mass is 398 g/mol. The van der Waals surface area contributed by atoms with Crippen LogP contribution in [0.25, 0.3) is 0 Å². The Hall–Kier alpha value is -2.13. The summed E-state index contributed by atoms with van der Waals surface area (Å²) in [6, 6.07) is 4.77. The van der Waals surface area contributed by atoms with E-state index in [9.17, 15) is 18.0 Å². The fourth-order valence-electron chi connectivity index (χ4n) is 2.95. The molecular weight excluding hydrogens is 377 g/mol. The van der Waals surface area contributed by atoms with Gasteiger partial charge in [-0.25, -0.2) is 9.78 Å². The summed E-state index contributed by atoms with van der Waals surface area (Å²) in [4.78, 5) is 16.9. The second kappa shape index (κ2) is 8.71. The van der Waals surface area contributed by atoms with E-state index in [-0.39, 0.29) is 6.03 Å². The van der Waals surface area contributed by atoms with Gasteiger partial charge >= 0.3 is 12.2 Å². The SMILES string of the molecule is O=C(NCCC1CCNC1)Nc1ncc(Cc2ccc(C(F)(F)F)cc2)s1. The maximum Gasteiger partial charge on any atom is 0.416 e. The molecule has 1 fully saturated rings. The lowest BCUT2D eigenvalue weighted by Gasteiger charge is -2.09. The van der Waals surface area contributed by atoms with Crippen molar-refractivity contribution in [3.63, 3.8) is 0 Å². The fraction of sp³-hybridized carbons (Fsp3) is 0.444. The van der Waals surface area contributed by atoms with Gasteiger partial charge in [0, 0.05) is 24.0 Å². The summed E-state index contributed by atoms with van der Waals surface area (Å²) in [5.74, 6) is 0.612. The number of rotatable bonds is 6. The quantitative estimate of drug-likeness (QED) is 0.692. The number of hydrogen-bond acceptors (Lipinski definition) is 4.